The molecule has 0 radical (unpaired) electrons. The molecule has 2 aromatic carbocycles. The van der Waals surface area contributed by atoms with Crippen LogP contribution in [0.25, 0.3) is 11.3 Å². The van der Waals surface area contributed by atoms with Crippen molar-refractivity contribution in [2.45, 2.75) is 45.8 Å². The van der Waals surface area contributed by atoms with Crippen LogP contribution in [0, 0.1) is 11.3 Å². The molecule has 4 rings (SSSR count). The van der Waals surface area contributed by atoms with Gasteiger partial charge in [-0.2, -0.15) is 10.4 Å². The van der Waals surface area contributed by atoms with Crippen LogP contribution in [0.5, 0.6) is 0 Å². The number of carbonyl (C=O) groups is 1. The van der Waals surface area contributed by atoms with Crippen molar-refractivity contribution in [3.8, 4) is 17.3 Å². The van der Waals surface area contributed by atoms with Gasteiger partial charge in [-0.1, -0.05) is 42.5 Å². The predicted octanol–water partition coefficient (Wildman–Crippen LogP) is 4.81. The van der Waals surface area contributed by atoms with E-state index in [1.165, 1.54) is 5.56 Å². The molecular formula is C26H28N4O2. The maximum Gasteiger partial charge on any atom is 0.410 e. The largest absolute Gasteiger partial charge is 0.444 e. The summed E-state index contributed by atoms with van der Waals surface area (Å²) in [7, 11) is 0. The first-order chi connectivity index (χ1) is 15.3. The molecular weight excluding hydrogens is 400 g/mol. The summed E-state index contributed by atoms with van der Waals surface area (Å²) in [5.41, 5.74) is 5.51. The van der Waals surface area contributed by atoms with E-state index in [1.807, 2.05) is 63.2 Å². The van der Waals surface area contributed by atoms with Crippen LogP contribution in [-0.2, 0) is 24.1 Å². The van der Waals surface area contributed by atoms with Crippen molar-refractivity contribution in [1.82, 2.24) is 14.7 Å². The van der Waals surface area contributed by atoms with Gasteiger partial charge < -0.3 is 9.64 Å². The maximum atomic E-state index is 12.7. The van der Waals surface area contributed by atoms with Gasteiger partial charge in [-0.25, -0.2) is 4.79 Å². The molecule has 6 heteroatoms. The monoisotopic (exact) mass is 428 g/mol. The quantitative estimate of drug-likeness (QED) is 0.600. The molecule has 1 aliphatic rings. The van der Waals surface area contributed by atoms with E-state index >= 15 is 0 Å². The fourth-order valence-corrected chi connectivity index (χ4v) is 4.01. The lowest BCUT2D eigenvalue weighted by Crippen LogP contribution is -2.38. The van der Waals surface area contributed by atoms with Crippen LogP contribution in [0.1, 0.15) is 43.2 Å². The Balaban J connectivity index is 1.68. The van der Waals surface area contributed by atoms with Crippen molar-refractivity contribution < 1.29 is 9.53 Å². The molecule has 32 heavy (non-hydrogen) atoms. The Kier molecular flexibility index (Phi) is 6.00. The average molecular weight is 429 g/mol. The molecule has 2 heterocycles. The number of nitriles is 1. The summed E-state index contributed by atoms with van der Waals surface area (Å²) in [5.74, 6) is 0. The minimum absolute atomic E-state index is 0.273. The van der Waals surface area contributed by atoms with Crippen molar-refractivity contribution in [1.29, 1.82) is 5.26 Å². The van der Waals surface area contributed by atoms with Gasteiger partial charge in [-0.3, -0.25) is 4.68 Å². The van der Waals surface area contributed by atoms with Gasteiger partial charge in [0.05, 0.1) is 23.9 Å². The van der Waals surface area contributed by atoms with Crippen LogP contribution in [0.2, 0.25) is 0 Å². The average Bonchev–Trinajstić information content (AvgIpc) is 2.95. The van der Waals surface area contributed by atoms with Gasteiger partial charge in [0, 0.05) is 36.3 Å². The summed E-state index contributed by atoms with van der Waals surface area (Å²) in [5, 5.41) is 14.1. The highest BCUT2D eigenvalue weighted by Crippen LogP contribution is 2.29. The number of benzene rings is 2. The lowest BCUT2D eigenvalue weighted by atomic mass is 10.0. The molecule has 1 amide bonds. The van der Waals surface area contributed by atoms with Crippen LogP contribution in [0.4, 0.5) is 4.79 Å². The molecule has 0 aliphatic carbocycles. The highest BCUT2D eigenvalue weighted by Gasteiger charge is 2.28. The second-order valence-electron chi connectivity index (χ2n) is 9.07. The number of hydrogen-bond donors (Lipinski definition) is 0. The molecule has 0 N–H and O–H groups in total. The van der Waals surface area contributed by atoms with E-state index in [0.717, 1.165) is 22.5 Å². The number of ether oxygens (including phenoxy) is 1. The Morgan fingerprint density at radius 1 is 1.06 bits per heavy atom. The topological polar surface area (TPSA) is 71.2 Å². The minimum Gasteiger partial charge on any atom is -0.444 e. The van der Waals surface area contributed by atoms with E-state index in [2.05, 4.69) is 22.9 Å². The molecule has 1 aromatic heterocycles. The second kappa shape index (κ2) is 8.88. The summed E-state index contributed by atoms with van der Waals surface area (Å²) in [6.45, 7) is 7.51. The fourth-order valence-electron chi connectivity index (χ4n) is 4.01. The lowest BCUT2D eigenvalue weighted by Gasteiger charge is -2.26. The zero-order valence-corrected chi connectivity index (χ0v) is 18.8. The zero-order valence-electron chi connectivity index (χ0n) is 18.8. The molecule has 3 aromatic rings. The molecule has 164 valence electrons. The van der Waals surface area contributed by atoms with Crippen molar-refractivity contribution >= 4 is 6.09 Å². The summed E-state index contributed by atoms with van der Waals surface area (Å²) in [6, 6.07) is 20.0. The van der Waals surface area contributed by atoms with Crippen LogP contribution in [0.15, 0.2) is 54.6 Å². The molecule has 0 saturated carbocycles. The van der Waals surface area contributed by atoms with E-state index in [1.54, 1.807) is 4.90 Å². The minimum atomic E-state index is -0.520. The zero-order chi connectivity index (χ0) is 22.7. The standard InChI is InChI=1S/C26H28N4O2/c1-26(2,3)32-25(31)29-15-13-22-23(14-16-29)30(18-20-7-5-4-6-8-20)28-24(22)21-11-9-19(17-27)10-12-21/h4-12H,13-16,18H2,1-3H3. The smallest absolute Gasteiger partial charge is 0.410 e. The van der Waals surface area contributed by atoms with Crippen molar-refractivity contribution in [3.63, 3.8) is 0 Å². The van der Waals surface area contributed by atoms with Crippen LogP contribution < -0.4 is 0 Å². The fraction of sp³-hybridized carbons (Fsp3) is 0.346. The van der Waals surface area contributed by atoms with Crippen LogP contribution in [0.3, 0.4) is 0 Å². The lowest BCUT2D eigenvalue weighted by molar-refractivity contribution is 0.0258. The Morgan fingerprint density at radius 2 is 1.75 bits per heavy atom. The van der Waals surface area contributed by atoms with Gasteiger partial charge in [0.15, 0.2) is 0 Å². The van der Waals surface area contributed by atoms with Gasteiger partial charge in [0.2, 0.25) is 0 Å². The SMILES string of the molecule is CC(C)(C)OC(=O)N1CCc2c(-c3ccc(C#N)cc3)nn(Cc3ccccc3)c2CC1. The van der Waals surface area contributed by atoms with E-state index in [-0.39, 0.29) is 6.09 Å². The summed E-state index contributed by atoms with van der Waals surface area (Å²) >= 11 is 0. The number of rotatable bonds is 3. The van der Waals surface area contributed by atoms with Gasteiger partial charge in [0.25, 0.3) is 0 Å². The Morgan fingerprint density at radius 3 is 2.41 bits per heavy atom. The Labute approximate surface area is 189 Å². The Hall–Kier alpha value is -3.59. The number of fused-ring (bicyclic) bond motifs is 1. The second-order valence-corrected chi connectivity index (χ2v) is 9.07. The molecule has 0 bridgehead atoms. The summed E-state index contributed by atoms with van der Waals surface area (Å²) in [6.07, 6.45) is 1.15. The first kappa shape index (κ1) is 21.6. The van der Waals surface area contributed by atoms with Gasteiger partial charge in [-0.05, 0) is 44.9 Å². The predicted molar refractivity (Wildman–Crippen MR) is 123 cm³/mol. The molecule has 0 spiro atoms. The van der Waals surface area contributed by atoms with Crippen LogP contribution >= 0.6 is 0 Å². The van der Waals surface area contributed by atoms with E-state index in [0.29, 0.717) is 38.0 Å². The van der Waals surface area contributed by atoms with Crippen LogP contribution in [-0.4, -0.2) is 39.5 Å². The van der Waals surface area contributed by atoms with E-state index < -0.39 is 5.60 Å². The molecule has 0 atom stereocenters. The highest BCUT2D eigenvalue weighted by molar-refractivity contribution is 5.69. The third-order valence-corrected chi connectivity index (χ3v) is 5.53. The van der Waals surface area contributed by atoms with Crippen molar-refractivity contribution in [2.75, 3.05) is 13.1 Å². The van der Waals surface area contributed by atoms with E-state index in [4.69, 9.17) is 15.1 Å². The van der Waals surface area contributed by atoms with Gasteiger partial charge in [-0.15, -0.1) is 0 Å². The Bertz CT molecular complexity index is 1140. The number of hydrogen-bond acceptors (Lipinski definition) is 4. The maximum absolute atomic E-state index is 12.7. The van der Waals surface area contributed by atoms with Crippen molar-refractivity contribution in [3.05, 3.63) is 77.0 Å². The number of carbonyl (C=O) groups excluding carboxylic acids is 1. The van der Waals surface area contributed by atoms with Gasteiger partial charge in [0.1, 0.15) is 5.60 Å². The van der Waals surface area contributed by atoms with Crippen molar-refractivity contribution in [2.24, 2.45) is 0 Å². The number of aromatic nitrogens is 2. The molecule has 6 nitrogen and oxygen atoms in total. The number of nitrogens with zero attached hydrogens (tertiary/aromatic N) is 4. The summed E-state index contributed by atoms with van der Waals surface area (Å²) in [4.78, 5) is 14.5. The highest BCUT2D eigenvalue weighted by atomic mass is 16.6. The third kappa shape index (κ3) is 4.83. The third-order valence-electron chi connectivity index (χ3n) is 5.53. The molecule has 0 saturated heterocycles. The molecule has 0 unspecified atom stereocenters. The number of amides is 1. The first-order valence-corrected chi connectivity index (χ1v) is 10.9. The van der Waals surface area contributed by atoms with Gasteiger partial charge >= 0.3 is 6.09 Å². The normalized spacial score (nSPS) is 13.8. The molecule has 1 aliphatic heterocycles. The molecule has 0 fully saturated rings. The van der Waals surface area contributed by atoms with E-state index in [9.17, 15) is 4.79 Å². The first-order valence-electron chi connectivity index (χ1n) is 10.9. The summed E-state index contributed by atoms with van der Waals surface area (Å²) < 4.78 is 7.67.